The summed E-state index contributed by atoms with van der Waals surface area (Å²) in [5, 5.41) is 16.7. The Kier molecular flexibility index (Phi) is 8.92. The third-order valence-corrected chi connectivity index (χ3v) is 4.25. The van der Waals surface area contributed by atoms with Crippen molar-refractivity contribution < 1.29 is 9.84 Å². The Labute approximate surface area is 142 Å². The van der Waals surface area contributed by atoms with Gasteiger partial charge in [-0.1, -0.05) is 27.7 Å². The van der Waals surface area contributed by atoms with Gasteiger partial charge < -0.3 is 20.5 Å². The first kappa shape index (κ1) is 20.2. The number of aliphatic hydroxyl groups excluding tert-OH is 1. The lowest BCUT2D eigenvalue weighted by molar-refractivity contribution is 0.0301. The molecular formula is C18H37N3O2. The molecule has 0 spiro atoms. The lowest BCUT2D eigenvalue weighted by Crippen LogP contribution is -2.46. The van der Waals surface area contributed by atoms with Crippen molar-refractivity contribution >= 4 is 5.96 Å². The minimum Gasteiger partial charge on any atom is -0.389 e. The molecule has 1 aliphatic carbocycles. The van der Waals surface area contributed by atoms with Gasteiger partial charge in [0, 0.05) is 19.2 Å². The van der Waals surface area contributed by atoms with Crippen LogP contribution in [0.3, 0.4) is 0 Å². The van der Waals surface area contributed by atoms with Crippen molar-refractivity contribution in [3.8, 4) is 0 Å². The lowest BCUT2D eigenvalue weighted by atomic mass is 9.75. The average molecular weight is 328 g/mol. The average Bonchev–Trinajstić information content (AvgIpc) is 2.46. The van der Waals surface area contributed by atoms with Gasteiger partial charge >= 0.3 is 0 Å². The van der Waals surface area contributed by atoms with Gasteiger partial charge in [0.05, 0.1) is 19.3 Å². The second-order valence-electron chi connectivity index (χ2n) is 7.89. The Hall–Kier alpha value is -0.810. The highest BCUT2D eigenvalue weighted by molar-refractivity contribution is 5.80. The number of nitrogens with one attached hydrogen (secondary N) is 2. The third kappa shape index (κ3) is 9.16. The van der Waals surface area contributed by atoms with E-state index < -0.39 is 6.10 Å². The minimum absolute atomic E-state index is 0.346. The summed E-state index contributed by atoms with van der Waals surface area (Å²) in [5.41, 5.74) is 0.470. The molecule has 23 heavy (non-hydrogen) atoms. The van der Waals surface area contributed by atoms with Gasteiger partial charge in [-0.2, -0.15) is 0 Å². The first-order valence-electron chi connectivity index (χ1n) is 9.13. The molecule has 1 saturated carbocycles. The van der Waals surface area contributed by atoms with E-state index in [2.05, 4.69) is 50.2 Å². The zero-order valence-corrected chi connectivity index (χ0v) is 15.7. The van der Waals surface area contributed by atoms with Crippen molar-refractivity contribution in [2.45, 2.75) is 72.4 Å². The number of rotatable bonds is 8. The molecule has 1 aliphatic rings. The molecule has 0 aromatic rings. The fourth-order valence-electron chi connectivity index (χ4n) is 2.75. The molecule has 0 aliphatic heterocycles. The largest absolute Gasteiger partial charge is 0.389 e. The number of guanidine groups is 1. The summed E-state index contributed by atoms with van der Waals surface area (Å²) < 4.78 is 5.46. The molecule has 0 heterocycles. The van der Waals surface area contributed by atoms with Crippen LogP contribution in [-0.4, -0.2) is 49.5 Å². The maximum absolute atomic E-state index is 9.97. The molecule has 5 heteroatoms. The maximum atomic E-state index is 9.97. The van der Waals surface area contributed by atoms with Crippen LogP contribution < -0.4 is 10.6 Å². The van der Waals surface area contributed by atoms with E-state index >= 15 is 0 Å². The second kappa shape index (κ2) is 10.1. The summed E-state index contributed by atoms with van der Waals surface area (Å²) in [6, 6.07) is 0.482. The van der Waals surface area contributed by atoms with Crippen LogP contribution in [0.5, 0.6) is 0 Å². The number of aliphatic hydroxyl groups is 1. The number of aliphatic imine (C=N–C) groups is 1. The summed E-state index contributed by atoms with van der Waals surface area (Å²) in [6.45, 7) is 13.2. The van der Waals surface area contributed by atoms with E-state index in [1.54, 1.807) is 0 Å². The molecule has 0 radical (unpaired) electrons. The molecule has 3 N–H and O–H groups in total. The quantitative estimate of drug-likeness (QED) is 0.473. The van der Waals surface area contributed by atoms with E-state index in [0.717, 1.165) is 12.5 Å². The van der Waals surface area contributed by atoms with Gasteiger partial charge in [-0.05, 0) is 43.9 Å². The standard InChI is InChI=1S/C18H37N3O2/c1-6-19-17(20-11-16(22)13-23-12-14(2)3)21-15-7-9-18(4,5)10-8-15/h14-16,22H,6-13H2,1-5H3,(H2,19,20,21). The van der Waals surface area contributed by atoms with Gasteiger partial charge in [0.2, 0.25) is 0 Å². The normalized spacial score (nSPS) is 20.6. The summed E-state index contributed by atoms with van der Waals surface area (Å²) in [7, 11) is 0. The predicted molar refractivity (Wildman–Crippen MR) is 96.8 cm³/mol. The van der Waals surface area contributed by atoms with E-state index in [4.69, 9.17) is 4.74 Å². The van der Waals surface area contributed by atoms with Gasteiger partial charge in [0.1, 0.15) is 0 Å². The fourth-order valence-corrected chi connectivity index (χ4v) is 2.75. The summed E-state index contributed by atoms with van der Waals surface area (Å²) in [6.07, 6.45) is 4.30. The molecule has 5 nitrogen and oxygen atoms in total. The number of hydrogen-bond acceptors (Lipinski definition) is 3. The van der Waals surface area contributed by atoms with Crippen LogP contribution >= 0.6 is 0 Å². The van der Waals surface area contributed by atoms with Crippen LogP contribution in [0.4, 0.5) is 0 Å². The molecule has 1 fully saturated rings. The molecule has 1 unspecified atom stereocenters. The van der Waals surface area contributed by atoms with Gasteiger partial charge in [-0.15, -0.1) is 0 Å². The van der Waals surface area contributed by atoms with Crippen LogP contribution in [0.25, 0.3) is 0 Å². The highest BCUT2D eigenvalue weighted by Crippen LogP contribution is 2.34. The smallest absolute Gasteiger partial charge is 0.191 e. The van der Waals surface area contributed by atoms with Crippen LogP contribution in [0.1, 0.15) is 60.3 Å². The third-order valence-electron chi connectivity index (χ3n) is 4.25. The van der Waals surface area contributed by atoms with Crippen LogP contribution in [0.2, 0.25) is 0 Å². The summed E-state index contributed by atoms with van der Waals surface area (Å²) >= 11 is 0. The second-order valence-corrected chi connectivity index (χ2v) is 7.89. The number of ether oxygens (including phenoxy) is 1. The molecule has 1 atom stereocenters. The van der Waals surface area contributed by atoms with Gasteiger partial charge in [-0.3, -0.25) is 4.99 Å². The molecular weight excluding hydrogens is 290 g/mol. The lowest BCUT2D eigenvalue weighted by Gasteiger charge is -2.35. The molecule has 0 aromatic carbocycles. The van der Waals surface area contributed by atoms with E-state index in [-0.39, 0.29) is 0 Å². The van der Waals surface area contributed by atoms with Crippen molar-refractivity contribution in [1.82, 2.24) is 10.6 Å². The Morgan fingerprint density at radius 2 is 1.91 bits per heavy atom. The summed E-state index contributed by atoms with van der Waals surface area (Å²) in [4.78, 5) is 4.51. The first-order chi connectivity index (χ1) is 10.8. The highest BCUT2D eigenvalue weighted by atomic mass is 16.5. The molecule has 0 aromatic heterocycles. The van der Waals surface area contributed by atoms with Gasteiger partial charge in [0.25, 0.3) is 0 Å². The van der Waals surface area contributed by atoms with Crippen molar-refractivity contribution in [2.75, 3.05) is 26.3 Å². The van der Waals surface area contributed by atoms with E-state index in [1.165, 1.54) is 25.7 Å². The Morgan fingerprint density at radius 1 is 1.26 bits per heavy atom. The van der Waals surface area contributed by atoms with Crippen LogP contribution in [0.15, 0.2) is 4.99 Å². The number of nitrogens with zero attached hydrogens (tertiary/aromatic N) is 1. The molecule has 0 saturated heterocycles. The SMILES string of the molecule is CCNC(=NCC(O)COCC(C)C)NC1CCC(C)(C)CC1. The number of hydrogen-bond donors (Lipinski definition) is 3. The molecule has 136 valence electrons. The highest BCUT2D eigenvalue weighted by Gasteiger charge is 2.27. The van der Waals surface area contributed by atoms with Crippen molar-refractivity contribution in [2.24, 2.45) is 16.3 Å². The van der Waals surface area contributed by atoms with Gasteiger partial charge in [-0.25, -0.2) is 0 Å². The first-order valence-corrected chi connectivity index (χ1v) is 9.13. The molecule has 0 bridgehead atoms. The maximum Gasteiger partial charge on any atom is 0.191 e. The van der Waals surface area contributed by atoms with Crippen molar-refractivity contribution in [1.29, 1.82) is 0 Å². The zero-order valence-electron chi connectivity index (χ0n) is 15.7. The van der Waals surface area contributed by atoms with E-state index in [9.17, 15) is 5.11 Å². The zero-order chi connectivity index (χ0) is 17.3. The summed E-state index contributed by atoms with van der Waals surface area (Å²) in [5.74, 6) is 1.29. The van der Waals surface area contributed by atoms with Crippen LogP contribution in [0, 0.1) is 11.3 Å². The molecule has 1 rings (SSSR count). The topological polar surface area (TPSA) is 65.9 Å². The van der Waals surface area contributed by atoms with Crippen molar-refractivity contribution in [3.63, 3.8) is 0 Å². The minimum atomic E-state index is -0.547. The fraction of sp³-hybridized carbons (Fsp3) is 0.944. The van der Waals surface area contributed by atoms with E-state index in [1.807, 2.05) is 0 Å². The predicted octanol–water partition coefficient (Wildman–Crippen LogP) is 2.54. The van der Waals surface area contributed by atoms with Crippen LogP contribution in [-0.2, 0) is 4.74 Å². The van der Waals surface area contributed by atoms with E-state index in [0.29, 0.717) is 37.1 Å². The van der Waals surface area contributed by atoms with Crippen molar-refractivity contribution in [3.05, 3.63) is 0 Å². The Morgan fingerprint density at radius 3 is 2.48 bits per heavy atom. The molecule has 0 amide bonds. The van der Waals surface area contributed by atoms with Gasteiger partial charge in [0.15, 0.2) is 5.96 Å². The Bertz CT molecular complexity index is 346. The monoisotopic (exact) mass is 327 g/mol. The Balaban J connectivity index is 2.38.